The Labute approximate surface area is 85.6 Å². The van der Waals surface area contributed by atoms with Crippen LogP contribution in [0.25, 0.3) is 11.1 Å². The molecule has 0 saturated carbocycles. The summed E-state index contributed by atoms with van der Waals surface area (Å²) in [5.41, 5.74) is 1.01. The fraction of sp³-hybridized carbons (Fsp3) is 0.200. The van der Waals surface area contributed by atoms with Crippen molar-refractivity contribution in [3.8, 4) is 5.75 Å². The molecule has 5 heteroatoms. The molecule has 2 heterocycles. The fourth-order valence-electron chi connectivity index (χ4n) is 1.32. The van der Waals surface area contributed by atoms with E-state index in [0.717, 1.165) is 0 Å². The third kappa shape index (κ3) is 1.41. The molecule has 0 saturated heterocycles. The zero-order valence-corrected chi connectivity index (χ0v) is 8.31. The first-order valence-electron chi connectivity index (χ1n) is 4.27. The molecule has 2 aromatic rings. The predicted octanol–water partition coefficient (Wildman–Crippen LogP) is 1.62. The zero-order chi connectivity index (χ0) is 10.8. The van der Waals surface area contributed by atoms with Gasteiger partial charge in [0, 0.05) is 6.20 Å². The van der Waals surface area contributed by atoms with Crippen molar-refractivity contribution in [2.45, 2.75) is 0 Å². The molecule has 0 amide bonds. The highest BCUT2D eigenvalue weighted by atomic mass is 16.5. The minimum atomic E-state index is -0.579. The smallest absolute Gasteiger partial charge is 0.378 e. The Morgan fingerprint density at radius 2 is 2.27 bits per heavy atom. The van der Waals surface area contributed by atoms with E-state index in [1.54, 1.807) is 18.3 Å². The van der Waals surface area contributed by atoms with Gasteiger partial charge in [0.2, 0.25) is 0 Å². The van der Waals surface area contributed by atoms with E-state index in [1.807, 2.05) is 0 Å². The predicted molar refractivity (Wildman–Crippen MR) is 51.9 cm³/mol. The summed E-state index contributed by atoms with van der Waals surface area (Å²) in [6, 6.07) is 3.42. The number of ether oxygens (including phenoxy) is 2. The molecular formula is C10H9NO4. The number of fused-ring (bicyclic) bond motifs is 1. The maximum Gasteiger partial charge on any atom is 0.378 e. The normalized spacial score (nSPS) is 10.3. The van der Waals surface area contributed by atoms with E-state index in [4.69, 9.17) is 9.15 Å². The van der Waals surface area contributed by atoms with Crippen LogP contribution in [0.15, 0.2) is 22.7 Å². The minimum absolute atomic E-state index is 0.0358. The van der Waals surface area contributed by atoms with Gasteiger partial charge in [-0.3, -0.25) is 0 Å². The number of carbonyl (C=O) groups is 1. The quantitative estimate of drug-likeness (QED) is 0.700. The second-order valence-corrected chi connectivity index (χ2v) is 2.81. The van der Waals surface area contributed by atoms with Crippen LogP contribution < -0.4 is 4.74 Å². The number of aromatic nitrogens is 1. The maximum atomic E-state index is 11.3. The molecule has 78 valence electrons. The molecule has 0 atom stereocenters. The number of methoxy groups -OCH3 is 2. The largest absolute Gasteiger partial charge is 0.491 e. The molecule has 0 aliphatic carbocycles. The Hall–Kier alpha value is -2.04. The molecule has 5 nitrogen and oxygen atoms in total. The van der Waals surface area contributed by atoms with Crippen LogP contribution in [0.3, 0.4) is 0 Å². The van der Waals surface area contributed by atoms with Gasteiger partial charge in [-0.25, -0.2) is 9.78 Å². The van der Waals surface area contributed by atoms with Gasteiger partial charge in [-0.05, 0) is 12.1 Å². The van der Waals surface area contributed by atoms with Crippen LogP contribution in [0.2, 0.25) is 0 Å². The second kappa shape index (κ2) is 3.61. The Bertz CT molecular complexity index is 503. The molecule has 0 spiro atoms. The second-order valence-electron chi connectivity index (χ2n) is 2.81. The van der Waals surface area contributed by atoms with Crippen molar-refractivity contribution < 1.29 is 18.7 Å². The molecule has 0 bridgehead atoms. The maximum absolute atomic E-state index is 11.3. The van der Waals surface area contributed by atoms with Gasteiger partial charge in [0.25, 0.3) is 5.76 Å². The number of pyridine rings is 1. The summed E-state index contributed by atoms with van der Waals surface area (Å²) in [6.45, 7) is 0. The van der Waals surface area contributed by atoms with Crippen molar-refractivity contribution in [3.63, 3.8) is 0 Å². The summed E-state index contributed by atoms with van der Waals surface area (Å²) >= 11 is 0. The lowest BCUT2D eigenvalue weighted by atomic mass is 10.3. The highest BCUT2D eigenvalue weighted by Crippen LogP contribution is 2.31. The summed E-state index contributed by atoms with van der Waals surface area (Å²) in [7, 11) is 2.73. The van der Waals surface area contributed by atoms with Crippen molar-refractivity contribution in [2.75, 3.05) is 14.2 Å². The summed E-state index contributed by atoms with van der Waals surface area (Å²) in [5, 5.41) is 0. The Morgan fingerprint density at radius 1 is 1.47 bits per heavy atom. The number of furan rings is 1. The number of carbonyl (C=O) groups excluding carboxylic acids is 1. The van der Waals surface area contributed by atoms with Gasteiger partial charge in [0.15, 0.2) is 16.8 Å². The van der Waals surface area contributed by atoms with E-state index < -0.39 is 5.97 Å². The summed E-state index contributed by atoms with van der Waals surface area (Å²) in [5.74, 6) is -0.240. The third-order valence-electron chi connectivity index (χ3n) is 1.98. The number of esters is 1. The number of nitrogens with zero attached hydrogens (tertiary/aromatic N) is 1. The molecule has 0 unspecified atom stereocenters. The van der Waals surface area contributed by atoms with Gasteiger partial charge < -0.3 is 13.9 Å². The number of rotatable bonds is 2. The molecule has 0 aromatic carbocycles. The highest BCUT2D eigenvalue weighted by Gasteiger charge is 2.22. The molecule has 0 aliphatic heterocycles. The zero-order valence-electron chi connectivity index (χ0n) is 8.31. The Kier molecular flexibility index (Phi) is 2.29. The molecule has 15 heavy (non-hydrogen) atoms. The number of hydrogen-bond acceptors (Lipinski definition) is 5. The molecule has 0 N–H and O–H groups in total. The number of hydrogen-bond donors (Lipinski definition) is 0. The summed E-state index contributed by atoms with van der Waals surface area (Å²) in [6.07, 6.45) is 1.60. The van der Waals surface area contributed by atoms with Crippen molar-refractivity contribution >= 4 is 17.1 Å². The van der Waals surface area contributed by atoms with Crippen LogP contribution in [-0.4, -0.2) is 25.2 Å². The SMILES string of the molecule is COC(=O)c1oc2cccnc2c1OC. The van der Waals surface area contributed by atoms with Gasteiger partial charge in [0.1, 0.15) is 0 Å². The van der Waals surface area contributed by atoms with Crippen molar-refractivity contribution in [1.82, 2.24) is 4.98 Å². The lowest BCUT2D eigenvalue weighted by Crippen LogP contribution is -2.01. The molecule has 2 aromatic heterocycles. The lowest BCUT2D eigenvalue weighted by Gasteiger charge is -1.97. The van der Waals surface area contributed by atoms with Crippen LogP contribution in [0.5, 0.6) is 5.75 Å². The summed E-state index contributed by atoms with van der Waals surface area (Å²) in [4.78, 5) is 15.4. The van der Waals surface area contributed by atoms with Crippen LogP contribution in [0.4, 0.5) is 0 Å². The first kappa shape index (κ1) is 9.51. The lowest BCUT2D eigenvalue weighted by molar-refractivity contribution is 0.0563. The van der Waals surface area contributed by atoms with Crippen molar-refractivity contribution in [1.29, 1.82) is 0 Å². The van der Waals surface area contributed by atoms with Gasteiger partial charge >= 0.3 is 5.97 Å². The van der Waals surface area contributed by atoms with Crippen molar-refractivity contribution in [2.24, 2.45) is 0 Å². The van der Waals surface area contributed by atoms with Gasteiger partial charge in [-0.15, -0.1) is 0 Å². The minimum Gasteiger partial charge on any atom is -0.491 e. The monoisotopic (exact) mass is 207 g/mol. The van der Waals surface area contributed by atoms with Crippen molar-refractivity contribution in [3.05, 3.63) is 24.1 Å². The Balaban J connectivity index is 2.69. The summed E-state index contributed by atoms with van der Waals surface area (Å²) < 4.78 is 14.9. The average Bonchev–Trinajstić information content (AvgIpc) is 2.66. The molecule has 0 fully saturated rings. The fourth-order valence-corrected chi connectivity index (χ4v) is 1.32. The van der Waals surface area contributed by atoms with E-state index in [2.05, 4.69) is 9.72 Å². The van der Waals surface area contributed by atoms with Crippen LogP contribution in [0, 0.1) is 0 Å². The van der Waals surface area contributed by atoms with Gasteiger partial charge in [0.05, 0.1) is 14.2 Å². The molecule has 0 radical (unpaired) electrons. The van der Waals surface area contributed by atoms with E-state index >= 15 is 0 Å². The van der Waals surface area contributed by atoms with Gasteiger partial charge in [-0.2, -0.15) is 0 Å². The highest BCUT2D eigenvalue weighted by molar-refractivity contribution is 5.97. The average molecular weight is 207 g/mol. The molecular weight excluding hydrogens is 198 g/mol. The van der Waals surface area contributed by atoms with E-state index in [9.17, 15) is 4.79 Å². The Morgan fingerprint density at radius 3 is 2.93 bits per heavy atom. The first-order valence-corrected chi connectivity index (χ1v) is 4.27. The van der Waals surface area contributed by atoms with E-state index in [0.29, 0.717) is 16.8 Å². The first-order chi connectivity index (χ1) is 7.27. The van der Waals surface area contributed by atoms with E-state index in [-0.39, 0.29) is 5.76 Å². The van der Waals surface area contributed by atoms with Crippen LogP contribution in [0.1, 0.15) is 10.6 Å². The topological polar surface area (TPSA) is 61.6 Å². The van der Waals surface area contributed by atoms with Crippen LogP contribution >= 0.6 is 0 Å². The van der Waals surface area contributed by atoms with Crippen LogP contribution in [-0.2, 0) is 4.74 Å². The molecule has 0 aliphatic rings. The standard InChI is InChI=1S/C10H9NO4/c1-13-8-7-6(4-3-5-11-7)15-9(8)10(12)14-2/h3-5H,1-2H3. The van der Waals surface area contributed by atoms with E-state index in [1.165, 1.54) is 14.2 Å². The van der Waals surface area contributed by atoms with Gasteiger partial charge in [-0.1, -0.05) is 0 Å². The third-order valence-corrected chi connectivity index (χ3v) is 1.98. The molecule has 2 rings (SSSR count).